The van der Waals surface area contributed by atoms with Gasteiger partial charge in [0.25, 0.3) is 0 Å². The molecule has 0 radical (unpaired) electrons. The summed E-state index contributed by atoms with van der Waals surface area (Å²) in [6.45, 7) is 5.60. The minimum Gasteiger partial charge on any atom is -0.497 e. The third-order valence-corrected chi connectivity index (χ3v) is 4.07. The highest BCUT2D eigenvalue weighted by Crippen LogP contribution is 2.24. The van der Waals surface area contributed by atoms with Crippen LogP contribution in [0.15, 0.2) is 18.2 Å². The molecule has 0 spiro atoms. The molecule has 0 bridgehead atoms. The third-order valence-electron chi connectivity index (χ3n) is 4.07. The highest BCUT2D eigenvalue weighted by atomic mass is 16.5. The van der Waals surface area contributed by atoms with Crippen LogP contribution < -0.4 is 20.1 Å². The van der Waals surface area contributed by atoms with Gasteiger partial charge in [0.2, 0.25) is 11.8 Å². The van der Waals surface area contributed by atoms with Crippen LogP contribution in [0.2, 0.25) is 0 Å². The van der Waals surface area contributed by atoms with Crippen molar-refractivity contribution in [3.05, 3.63) is 23.8 Å². The lowest BCUT2D eigenvalue weighted by Gasteiger charge is -2.35. The number of nitrogens with zero attached hydrogens (tertiary/aromatic N) is 1. The Morgan fingerprint density at radius 2 is 1.92 bits per heavy atom. The molecule has 1 heterocycles. The Bertz CT molecular complexity index is 596. The summed E-state index contributed by atoms with van der Waals surface area (Å²) >= 11 is 0. The van der Waals surface area contributed by atoms with Crippen molar-refractivity contribution in [2.24, 2.45) is 0 Å². The van der Waals surface area contributed by atoms with E-state index in [0.29, 0.717) is 31.1 Å². The van der Waals surface area contributed by atoms with Crippen molar-refractivity contribution in [3.63, 3.8) is 0 Å². The molecular weight excluding hydrogens is 322 g/mol. The number of ether oxygens (including phenoxy) is 2. The number of nitrogens with one attached hydrogen (secondary N) is 2. The maximum absolute atomic E-state index is 12.3. The van der Waals surface area contributed by atoms with Gasteiger partial charge in [-0.15, -0.1) is 0 Å². The van der Waals surface area contributed by atoms with Crippen LogP contribution in [0.4, 0.5) is 0 Å². The summed E-state index contributed by atoms with van der Waals surface area (Å²) in [5.41, 5.74) is 0.972. The lowest BCUT2D eigenvalue weighted by Crippen LogP contribution is -2.56. The summed E-state index contributed by atoms with van der Waals surface area (Å²) in [4.78, 5) is 26.4. The first-order chi connectivity index (χ1) is 11.9. The van der Waals surface area contributed by atoms with Gasteiger partial charge in [0.15, 0.2) is 0 Å². The average Bonchev–Trinajstić information content (AvgIpc) is 2.57. The van der Waals surface area contributed by atoms with E-state index >= 15 is 0 Å². The Morgan fingerprint density at radius 3 is 2.48 bits per heavy atom. The van der Waals surface area contributed by atoms with Crippen molar-refractivity contribution >= 4 is 11.8 Å². The molecule has 7 nitrogen and oxygen atoms in total. The lowest BCUT2D eigenvalue weighted by molar-refractivity contribution is -0.134. The minimum atomic E-state index is -0.482. The molecule has 1 atom stereocenters. The molecule has 0 aliphatic carbocycles. The second kappa shape index (κ2) is 8.71. The van der Waals surface area contributed by atoms with E-state index < -0.39 is 6.04 Å². The fourth-order valence-electron chi connectivity index (χ4n) is 2.92. The van der Waals surface area contributed by atoms with E-state index in [4.69, 9.17) is 9.47 Å². The van der Waals surface area contributed by atoms with Gasteiger partial charge in [-0.05, 0) is 31.5 Å². The van der Waals surface area contributed by atoms with Crippen molar-refractivity contribution in [1.82, 2.24) is 15.5 Å². The van der Waals surface area contributed by atoms with Crippen molar-refractivity contribution < 1.29 is 19.1 Å². The van der Waals surface area contributed by atoms with Gasteiger partial charge in [-0.3, -0.25) is 14.5 Å². The van der Waals surface area contributed by atoms with Crippen LogP contribution in [-0.4, -0.2) is 56.1 Å². The van der Waals surface area contributed by atoms with E-state index in [1.54, 1.807) is 20.3 Å². The molecule has 1 saturated heterocycles. The summed E-state index contributed by atoms with van der Waals surface area (Å²) < 4.78 is 10.6. The Kier molecular flexibility index (Phi) is 6.64. The van der Waals surface area contributed by atoms with Crippen LogP contribution in [-0.2, 0) is 16.1 Å². The maximum atomic E-state index is 12.3. The zero-order valence-corrected chi connectivity index (χ0v) is 15.3. The largest absolute Gasteiger partial charge is 0.497 e. The summed E-state index contributed by atoms with van der Waals surface area (Å²) in [6, 6.07) is 5.21. The van der Waals surface area contributed by atoms with E-state index in [1.807, 2.05) is 30.9 Å². The third kappa shape index (κ3) is 5.35. The van der Waals surface area contributed by atoms with E-state index in [2.05, 4.69) is 10.6 Å². The molecule has 1 fully saturated rings. The van der Waals surface area contributed by atoms with Crippen LogP contribution in [0.3, 0.4) is 0 Å². The van der Waals surface area contributed by atoms with Crippen LogP contribution in [0.5, 0.6) is 11.5 Å². The monoisotopic (exact) mass is 349 g/mol. The topological polar surface area (TPSA) is 79.9 Å². The first-order valence-electron chi connectivity index (χ1n) is 8.46. The van der Waals surface area contributed by atoms with E-state index in [0.717, 1.165) is 5.56 Å². The molecule has 7 heteroatoms. The molecule has 0 aromatic heterocycles. The van der Waals surface area contributed by atoms with Crippen LogP contribution in [0, 0.1) is 0 Å². The van der Waals surface area contributed by atoms with E-state index in [-0.39, 0.29) is 24.3 Å². The molecule has 2 rings (SSSR count). The summed E-state index contributed by atoms with van der Waals surface area (Å²) in [5.74, 6) is 1.17. The first-order valence-corrected chi connectivity index (χ1v) is 8.46. The number of hydrogen-bond acceptors (Lipinski definition) is 5. The summed E-state index contributed by atoms with van der Waals surface area (Å²) in [5, 5.41) is 5.69. The number of carbonyl (C=O) groups is 2. The summed E-state index contributed by atoms with van der Waals surface area (Å²) in [6.07, 6.45) is 0.144. The van der Waals surface area contributed by atoms with Gasteiger partial charge in [0.05, 0.1) is 26.7 Å². The van der Waals surface area contributed by atoms with Crippen molar-refractivity contribution in [3.8, 4) is 11.5 Å². The predicted octanol–water partition coefficient (Wildman–Crippen LogP) is 0.919. The van der Waals surface area contributed by atoms with Gasteiger partial charge in [-0.25, -0.2) is 0 Å². The fraction of sp³-hybridized carbons (Fsp3) is 0.556. The molecule has 1 aromatic carbocycles. The molecule has 138 valence electrons. The highest BCUT2D eigenvalue weighted by Gasteiger charge is 2.31. The van der Waals surface area contributed by atoms with Crippen LogP contribution in [0.1, 0.15) is 25.8 Å². The molecule has 25 heavy (non-hydrogen) atoms. The Balaban J connectivity index is 2.14. The minimum absolute atomic E-state index is 0.0512. The summed E-state index contributed by atoms with van der Waals surface area (Å²) in [7, 11) is 3.21. The number of piperazine rings is 1. The van der Waals surface area contributed by atoms with Gasteiger partial charge in [-0.2, -0.15) is 0 Å². The fourth-order valence-corrected chi connectivity index (χ4v) is 2.92. The van der Waals surface area contributed by atoms with Crippen LogP contribution in [0.25, 0.3) is 0 Å². The predicted molar refractivity (Wildman–Crippen MR) is 94.6 cm³/mol. The zero-order chi connectivity index (χ0) is 18.4. The molecular formula is C18H27N3O4. The van der Waals surface area contributed by atoms with Gasteiger partial charge >= 0.3 is 0 Å². The molecule has 2 N–H and O–H groups in total. The SMILES string of the molecule is COc1cc(CN2CCNC(=O)C2CC(=O)NC(C)C)cc(OC)c1. The Labute approximate surface area is 148 Å². The number of carbonyl (C=O) groups excluding carboxylic acids is 2. The quantitative estimate of drug-likeness (QED) is 0.765. The van der Waals surface area contributed by atoms with Gasteiger partial charge < -0.3 is 20.1 Å². The second-order valence-electron chi connectivity index (χ2n) is 6.42. The molecule has 1 aliphatic rings. The molecule has 0 saturated carbocycles. The Hall–Kier alpha value is -2.28. The van der Waals surface area contributed by atoms with Gasteiger partial charge in [0.1, 0.15) is 11.5 Å². The average molecular weight is 349 g/mol. The number of benzene rings is 1. The Morgan fingerprint density at radius 1 is 1.28 bits per heavy atom. The number of hydrogen-bond donors (Lipinski definition) is 2. The standard InChI is InChI=1S/C18H27N3O4/c1-12(2)20-17(22)10-16-18(23)19-5-6-21(16)11-13-7-14(24-3)9-15(8-13)25-4/h7-9,12,16H,5-6,10-11H2,1-4H3,(H,19,23)(H,20,22). The van der Waals surface area contributed by atoms with Crippen molar-refractivity contribution in [2.45, 2.75) is 38.9 Å². The smallest absolute Gasteiger partial charge is 0.237 e. The van der Waals surface area contributed by atoms with Gasteiger partial charge in [0, 0.05) is 31.7 Å². The van der Waals surface area contributed by atoms with Crippen molar-refractivity contribution in [2.75, 3.05) is 27.3 Å². The number of amides is 2. The molecule has 1 aliphatic heterocycles. The zero-order valence-electron chi connectivity index (χ0n) is 15.3. The van der Waals surface area contributed by atoms with E-state index in [9.17, 15) is 9.59 Å². The maximum Gasteiger partial charge on any atom is 0.237 e. The van der Waals surface area contributed by atoms with Crippen LogP contribution >= 0.6 is 0 Å². The molecule has 2 amide bonds. The molecule has 1 unspecified atom stereocenters. The van der Waals surface area contributed by atoms with Gasteiger partial charge in [-0.1, -0.05) is 0 Å². The normalized spacial score (nSPS) is 18.0. The first kappa shape index (κ1) is 19.1. The number of methoxy groups -OCH3 is 2. The van der Waals surface area contributed by atoms with Crippen molar-refractivity contribution in [1.29, 1.82) is 0 Å². The molecule has 1 aromatic rings. The van der Waals surface area contributed by atoms with E-state index in [1.165, 1.54) is 0 Å². The second-order valence-corrected chi connectivity index (χ2v) is 6.42. The highest BCUT2D eigenvalue weighted by molar-refractivity contribution is 5.88. The number of rotatable bonds is 7. The lowest BCUT2D eigenvalue weighted by atomic mass is 10.1.